The van der Waals surface area contributed by atoms with E-state index in [1.807, 2.05) is 6.20 Å². The summed E-state index contributed by atoms with van der Waals surface area (Å²) < 4.78 is 2.31. The summed E-state index contributed by atoms with van der Waals surface area (Å²) in [6.07, 6.45) is 8.54. The molecule has 0 aromatic carbocycles. The second kappa shape index (κ2) is 4.34. The van der Waals surface area contributed by atoms with Gasteiger partial charge < -0.3 is 4.57 Å². The van der Waals surface area contributed by atoms with E-state index in [9.17, 15) is 0 Å². The van der Waals surface area contributed by atoms with Gasteiger partial charge in [-0.15, -0.1) is 0 Å². The third kappa shape index (κ3) is 1.71. The Hall–Kier alpha value is -1.35. The van der Waals surface area contributed by atoms with Crippen LogP contribution in [-0.2, 0) is 19.9 Å². The Morgan fingerprint density at radius 2 is 2.05 bits per heavy atom. The molecule has 0 atom stereocenters. The number of pyridine rings is 1. The molecule has 0 unspecified atom stereocenters. The van der Waals surface area contributed by atoms with Gasteiger partial charge >= 0.3 is 0 Å². The molecule has 1 saturated carbocycles. The second-order valence-corrected chi connectivity index (χ2v) is 5.98. The van der Waals surface area contributed by atoms with Gasteiger partial charge in [0.15, 0.2) is 0 Å². The van der Waals surface area contributed by atoms with E-state index in [0.29, 0.717) is 0 Å². The summed E-state index contributed by atoms with van der Waals surface area (Å²) >= 11 is 0. The van der Waals surface area contributed by atoms with Crippen LogP contribution in [0.5, 0.6) is 0 Å². The van der Waals surface area contributed by atoms with Crippen molar-refractivity contribution in [3.05, 3.63) is 29.6 Å². The minimum Gasteiger partial charge on any atom is -0.332 e. The molecule has 2 aromatic rings. The van der Waals surface area contributed by atoms with Crippen molar-refractivity contribution in [3.63, 3.8) is 0 Å². The molecule has 3 heteroatoms. The minimum absolute atomic E-state index is 0.874. The van der Waals surface area contributed by atoms with Gasteiger partial charge in [0.25, 0.3) is 0 Å². The van der Waals surface area contributed by atoms with Crippen molar-refractivity contribution in [2.75, 3.05) is 13.1 Å². The van der Waals surface area contributed by atoms with Crippen molar-refractivity contribution in [1.29, 1.82) is 0 Å². The van der Waals surface area contributed by atoms with Gasteiger partial charge in [0.05, 0.1) is 0 Å². The van der Waals surface area contributed by atoms with Gasteiger partial charge in [0.1, 0.15) is 5.65 Å². The van der Waals surface area contributed by atoms with Gasteiger partial charge in [0, 0.05) is 49.9 Å². The highest BCUT2D eigenvalue weighted by molar-refractivity contribution is 5.82. The number of aryl methyl sites for hydroxylation is 1. The fourth-order valence-electron chi connectivity index (χ4n) is 3.72. The lowest BCUT2D eigenvalue weighted by Crippen LogP contribution is -2.41. The normalized spacial score (nSPS) is 21.1. The molecule has 2 aromatic heterocycles. The van der Waals surface area contributed by atoms with Crippen LogP contribution < -0.4 is 0 Å². The predicted molar refractivity (Wildman–Crippen MR) is 77.3 cm³/mol. The maximum Gasteiger partial charge on any atom is 0.140 e. The molecule has 1 fully saturated rings. The molecule has 1 aliphatic heterocycles. The predicted octanol–water partition coefficient (Wildman–Crippen LogP) is 2.53. The molecule has 0 spiro atoms. The van der Waals surface area contributed by atoms with Crippen LogP contribution in [0, 0.1) is 0 Å². The summed E-state index contributed by atoms with van der Waals surface area (Å²) in [6, 6.07) is 5.18. The highest BCUT2D eigenvalue weighted by Gasteiger charge is 2.28. The van der Waals surface area contributed by atoms with Crippen LogP contribution in [0.1, 0.15) is 30.5 Å². The van der Waals surface area contributed by atoms with Gasteiger partial charge in [-0.25, -0.2) is 4.98 Å². The quantitative estimate of drug-likeness (QED) is 0.781. The van der Waals surface area contributed by atoms with Crippen molar-refractivity contribution < 1.29 is 0 Å². The number of hydrogen-bond acceptors (Lipinski definition) is 2. The molecule has 100 valence electrons. The topological polar surface area (TPSA) is 21.1 Å². The number of aromatic nitrogens is 2. The smallest absolute Gasteiger partial charge is 0.140 e. The standard InChI is InChI=1S/C16H21N3/c1-18-15-8-11-19(12-4-2-5-12)10-7-13(15)14-6-3-9-17-16(14)18/h3,6,9,12H,2,4-5,7-8,10-11H2,1H3. The van der Waals surface area contributed by atoms with Crippen LogP contribution in [0.15, 0.2) is 18.3 Å². The Kier molecular flexibility index (Phi) is 2.62. The maximum absolute atomic E-state index is 4.55. The number of nitrogens with zero attached hydrogens (tertiary/aromatic N) is 3. The lowest BCUT2D eigenvalue weighted by Gasteiger charge is -2.36. The van der Waals surface area contributed by atoms with E-state index in [2.05, 4.69) is 33.6 Å². The van der Waals surface area contributed by atoms with Crippen molar-refractivity contribution in [2.24, 2.45) is 7.05 Å². The van der Waals surface area contributed by atoms with E-state index < -0.39 is 0 Å². The maximum atomic E-state index is 4.55. The number of rotatable bonds is 1. The Morgan fingerprint density at radius 3 is 2.84 bits per heavy atom. The molecule has 0 amide bonds. The number of hydrogen-bond donors (Lipinski definition) is 0. The van der Waals surface area contributed by atoms with Crippen LogP contribution >= 0.6 is 0 Å². The third-order valence-corrected chi connectivity index (χ3v) is 5.06. The van der Waals surface area contributed by atoms with Crippen molar-refractivity contribution in [2.45, 2.75) is 38.1 Å². The van der Waals surface area contributed by atoms with E-state index in [0.717, 1.165) is 11.7 Å². The lowest BCUT2D eigenvalue weighted by molar-refractivity contribution is 0.133. The average Bonchev–Trinajstić information content (AvgIpc) is 2.53. The summed E-state index contributed by atoms with van der Waals surface area (Å²) in [5.74, 6) is 0. The summed E-state index contributed by atoms with van der Waals surface area (Å²) in [5, 5.41) is 1.37. The highest BCUT2D eigenvalue weighted by Crippen LogP contribution is 2.30. The van der Waals surface area contributed by atoms with Crippen molar-refractivity contribution in [1.82, 2.24) is 14.5 Å². The SMILES string of the molecule is Cn1c2c(c3cccnc31)CCN(C1CCC1)CC2. The Labute approximate surface area is 114 Å². The summed E-state index contributed by atoms with van der Waals surface area (Å²) in [5.41, 5.74) is 4.22. The van der Waals surface area contributed by atoms with E-state index in [-0.39, 0.29) is 0 Å². The Balaban J connectivity index is 1.71. The molecular weight excluding hydrogens is 234 g/mol. The molecule has 0 saturated heterocycles. The van der Waals surface area contributed by atoms with Gasteiger partial charge in [-0.3, -0.25) is 4.90 Å². The molecule has 0 N–H and O–H groups in total. The first-order chi connectivity index (χ1) is 9.34. The molecular formula is C16H21N3. The molecule has 3 nitrogen and oxygen atoms in total. The Bertz CT molecular complexity index is 610. The summed E-state index contributed by atoms with van der Waals surface area (Å²) in [7, 11) is 2.17. The summed E-state index contributed by atoms with van der Waals surface area (Å²) in [4.78, 5) is 7.26. The van der Waals surface area contributed by atoms with Crippen LogP contribution in [0.2, 0.25) is 0 Å². The highest BCUT2D eigenvalue weighted by atomic mass is 15.2. The third-order valence-electron chi connectivity index (χ3n) is 5.06. The van der Waals surface area contributed by atoms with Crippen molar-refractivity contribution >= 4 is 11.0 Å². The fourth-order valence-corrected chi connectivity index (χ4v) is 3.72. The average molecular weight is 255 g/mol. The van der Waals surface area contributed by atoms with Crippen LogP contribution in [0.4, 0.5) is 0 Å². The van der Waals surface area contributed by atoms with Crippen LogP contribution in [0.25, 0.3) is 11.0 Å². The first-order valence-corrected chi connectivity index (χ1v) is 7.50. The summed E-state index contributed by atoms with van der Waals surface area (Å²) in [6.45, 7) is 2.45. The van der Waals surface area contributed by atoms with E-state index >= 15 is 0 Å². The van der Waals surface area contributed by atoms with Crippen LogP contribution in [-0.4, -0.2) is 33.6 Å². The molecule has 0 bridgehead atoms. The largest absolute Gasteiger partial charge is 0.332 e. The zero-order chi connectivity index (χ0) is 12.8. The monoisotopic (exact) mass is 255 g/mol. The van der Waals surface area contributed by atoms with Gasteiger partial charge in [-0.2, -0.15) is 0 Å². The lowest BCUT2D eigenvalue weighted by atomic mass is 9.91. The van der Waals surface area contributed by atoms with Gasteiger partial charge in [-0.1, -0.05) is 6.42 Å². The van der Waals surface area contributed by atoms with Gasteiger partial charge in [0.2, 0.25) is 0 Å². The minimum atomic E-state index is 0.874. The number of fused-ring (bicyclic) bond motifs is 3. The zero-order valence-electron chi connectivity index (χ0n) is 11.6. The molecule has 4 rings (SSSR count). The molecule has 2 aliphatic rings. The first-order valence-electron chi connectivity index (χ1n) is 7.50. The van der Waals surface area contributed by atoms with E-state index in [4.69, 9.17) is 0 Å². The zero-order valence-corrected chi connectivity index (χ0v) is 11.6. The Morgan fingerprint density at radius 1 is 1.21 bits per heavy atom. The van der Waals surface area contributed by atoms with Crippen molar-refractivity contribution in [3.8, 4) is 0 Å². The second-order valence-electron chi connectivity index (χ2n) is 5.98. The molecule has 1 aliphatic carbocycles. The van der Waals surface area contributed by atoms with Crippen LogP contribution in [0.3, 0.4) is 0 Å². The molecule has 19 heavy (non-hydrogen) atoms. The van der Waals surface area contributed by atoms with E-state index in [1.54, 1.807) is 5.56 Å². The first kappa shape index (κ1) is 11.5. The fraction of sp³-hybridized carbons (Fsp3) is 0.562. The molecule has 0 radical (unpaired) electrons. The van der Waals surface area contributed by atoms with Gasteiger partial charge in [-0.05, 0) is 37.0 Å². The van der Waals surface area contributed by atoms with E-state index in [1.165, 1.54) is 56.3 Å². The molecule has 3 heterocycles.